The summed E-state index contributed by atoms with van der Waals surface area (Å²) in [5, 5.41) is 0. The molecule has 2 saturated heterocycles. The van der Waals surface area contributed by atoms with Gasteiger partial charge in [0.25, 0.3) is 5.91 Å². The number of carbonyl (C=O) groups is 1. The quantitative estimate of drug-likeness (QED) is 0.826. The third kappa shape index (κ3) is 3.23. The highest BCUT2D eigenvalue weighted by Crippen LogP contribution is 2.39. The van der Waals surface area contributed by atoms with Gasteiger partial charge in [0, 0.05) is 50.6 Å². The van der Waals surface area contributed by atoms with E-state index in [0.29, 0.717) is 12.0 Å². The third-order valence-electron chi connectivity index (χ3n) is 5.80. The third-order valence-corrected chi connectivity index (χ3v) is 6.89. The molecule has 7 heteroatoms. The standard InChI is InChI=1S/C19H27N5OS/c1-22(2)19(25)17-15(16-18(26-17)21-8-7-20-16)13-4-11-24(12-13)14-5-9-23(3)10-6-14/h7-8,13-14H,4-6,9-12H2,1-3H3/t13-/m0/s1. The van der Waals surface area contributed by atoms with Gasteiger partial charge in [-0.1, -0.05) is 0 Å². The molecule has 2 aliphatic heterocycles. The second-order valence-corrected chi connectivity index (χ2v) is 8.77. The van der Waals surface area contributed by atoms with Crippen LogP contribution in [0.15, 0.2) is 12.4 Å². The molecule has 0 N–H and O–H groups in total. The minimum absolute atomic E-state index is 0.0718. The SMILES string of the molecule is CN1CCC(N2CC[C@H](c3c(C(=O)N(C)C)sc4nccnc34)C2)CC1. The summed E-state index contributed by atoms with van der Waals surface area (Å²) in [6, 6.07) is 0.681. The molecule has 140 valence electrons. The Hall–Kier alpha value is -1.57. The fourth-order valence-electron chi connectivity index (χ4n) is 4.30. The number of piperidine rings is 1. The number of nitrogens with zero attached hydrogens (tertiary/aromatic N) is 5. The Morgan fingerprint density at radius 1 is 1.15 bits per heavy atom. The fourth-order valence-corrected chi connectivity index (χ4v) is 5.51. The lowest BCUT2D eigenvalue weighted by Gasteiger charge is -2.35. The number of thiophene rings is 1. The van der Waals surface area contributed by atoms with Crippen LogP contribution in [0.3, 0.4) is 0 Å². The topological polar surface area (TPSA) is 52.6 Å². The summed E-state index contributed by atoms with van der Waals surface area (Å²) in [5.41, 5.74) is 2.06. The predicted octanol–water partition coefficient (Wildman–Crippen LogP) is 2.28. The van der Waals surface area contributed by atoms with E-state index in [1.165, 1.54) is 37.3 Å². The summed E-state index contributed by atoms with van der Waals surface area (Å²) in [4.78, 5) is 30.2. The first-order chi connectivity index (χ1) is 12.5. The van der Waals surface area contributed by atoms with Gasteiger partial charge in [0.05, 0.1) is 4.88 Å². The van der Waals surface area contributed by atoms with Crippen molar-refractivity contribution in [3.63, 3.8) is 0 Å². The minimum atomic E-state index is 0.0718. The van der Waals surface area contributed by atoms with Crippen molar-refractivity contribution < 1.29 is 4.79 Å². The fraction of sp³-hybridized carbons (Fsp3) is 0.632. The van der Waals surface area contributed by atoms with Gasteiger partial charge in [0.1, 0.15) is 10.3 Å². The molecule has 0 bridgehead atoms. The Kier molecular flexibility index (Phi) is 4.94. The highest BCUT2D eigenvalue weighted by atomic mass is 32.1. The monoisotopic (exact) mass is 373 g/mol. The maximum absolute atomic E-state index is 12.8. The van der Waals surface area contributed by atoms with E-state index in [1.807, 2.05) is 14.1 Å². The van der Waals surface area contributed by atoms with Crippen LogP contribution < -0.4 is 0 Å². The molecule has 6 nitrogen and oxygen atoms in total. The van der Waals surface area contributed by atoms with Gasteiger partial charge in [0.2, 0.25) is 0 Å². The van der Waals surface area contributed by atoms with E-state index in [1.54, 1.807) is 17.3 Å². The second-order valence-electron chi connectivity index (χ2n) is 7.77. The normalized spacial score (nSPS) is 23.0. The molecule has 1 amide bonds. The average Bonchev–Trinajstić information content (AvgIpc) is 3.25. The van der Waals surface area contributed by atoms with Gasteiger partial charge in [-0.3, -0.25) is 14.7 Å². The summed E-state index contributed by atoms with van der Waals surface area (Å²) < 4.78 is 0. The lowest BCUT2D eigenvalue weighted by atomic mass is 9.97. The smallest absolute Gasteiger partial charge is 0.263 e. The van der Waals surface area contributed by atoms with Crippen LogP contribution in [-0.4, -0.2) is 83.9 Å². The lowest BCUT2D eigenvalue weighted by Crippen LogP contribution is -2.42. The summed E-state index contributed by atoms with van der Waals surface area (Å²) in [6.07, 6.45) is 7.05. The van der Waals surface area contributed by atoms with E-state index in [0.717, 1.165) is 40.3 Å². The largest absolute Gasteiger partial charge is 0.344 e. The number of fused-ring (bicyclic) bond motifs is 1. The summed E-state index contributed by atoms with van der Waals surface area (Å²) >= 11 is 1.49. The van der Waals surface area contributed by atoms with Crippen LogP contribution in [0.4, 0.5) is 0 Å². The van der Waals surface area contributed by atoms with Crippen molar-refractivity contribution in [1.82, 2.24) is 24.7 Å². The number of likely N-dealkylation sites (tertiary alicyclic amines) is 2. The van der Waals surface area contributed by atoms with Crippen LogP contribution in [0.2, 0.25) is 0 Å². The maximum Gasteiger partial charge on any atom is 0.263 e. The highest BCUT2D eigenvalue weighted by molar-refractivity contribution is 7.20. The molecule has 26 heavy (non-hydrogen) atoms. The zero-order valence-corrected chi connectivity index (χ0v) is 16.6. The predicted molar refractivity (Wildman–Crippen MR) is 105 cm³/mol. The Morgan fingerprint density at radius 2 is 1.88 bits per heavy atom. The van der Waals surface area contributed by atoms with Crippen molar-refractivity contribution in [2.45, 2.75) is 31.2 Å². The van der Waals surface area contributed by atoms with E-state index >= 15 is 0 Å². The van der Waals surface area contributed by atoms with Gasteiger partial charge in [-0.15, -0.1) is 11.3 Å². The average molecular weight is 374 g/mol. The van der Waals surface area contributed by atoms with Gasteiger partial charge in [-0.25, -0.2) is 4.98 Å². The zero-order valence-electron chi connectivity index (χ0n) is 15.8. The van der Waals surface area contributed by atoms with Crippen LogP contribution in [0.1, 0.15) is 40.4 Å². The molecule has 0 saturated carbocycles. The van der Waals surface area contributed by atoms with Gasteiger partial charge in [0.15, 0.2) is 0 Å². The first-order valence-electron chi connectivity index (χ1n) is 9.42. The van der Waals surface area contributed by atoms with E-state index in [9.17, 15) is 4.79 Å². The van der Waals surface area contributed by atoms with Crippen molar-refractivity contribution in [2.75, 3.05) is 47.3 Å². The summed E-state index contributed by atoms with van der Waals surface area (Å²) in [7, 11) is 5.84. The number of aromatic nitrogens is 2. The molecule has 0 unspecified atom stereocenters. The second kappa shape index (κ2) is 7.21. The van der Waals surface area contributed by atoms with Gasteiger partial charge in [-0.05, 0) is 45.9 Å². The van der Waals surface area contributed by atoms with E-state index < -0.39 is 0 Å². The minimum Gasteiger partial charge on any atom is -0.344 e. The van der Waals surface area contributed by atoms with Crippen molar-refractivity contribution in [1.29, 1.82) is 0 Å². The summed E-state index contributed by atoms with van der Waals surface area (Å²) in [5.74, 6) is 0.446. The molecular weight excluding hydrogens is 346 g/mol. The van der Waals surface area contributed by atoms with Crippen molar-refractivity contribution in [3.8, 4) is 0 Å². The Labute approximate surface area is 158 Å². The molecule has 2 aromatic rings. The molecule has 2 fully saturated rings. The van der Waals surface area contributed by atoms with Gasteiger partial charge in [-0.2, -0.15) is 0 Å². The Balaban J connectivity index is 1.62. The van der Waals surface area contributed by atoms with Crippen molar-refractivity contribution >= 4 is 27.6 Å². The van der Waals surface area contributed by atoms with Crippen molar-refractivity contribution in [3.05, 3.63) is 22.8 Å². The number of rotatable bonds is 3. The van der Waals surface area contributed by atoms with Gasteiger partial charge < -0.3 is 9.80 Å². The van der Waals surface area contributed by atoms with E-state index in [-0.39, 0.29) is 5.91 Å². The van der Waals surface area contributed by atoms with E-state index in [4.69, 9.17) is 0 Å². The van der Waals surface area contributed by atoms with Crippen LogP contribution in [0, 0.1) is 0 Å². The van der Waals surface area contributed by atoms with Crippen molar-refractivity contribution in [2.24, 2.45) is 0 Å². The molecule has 2 aromatic heterocycles. The molecule has 0 radical (unpaired) electrons. The Morgan fingerprint density at radius 3 is 2.62 bits per heavy atom. The molecule has 4 heterocycles. The first-order valence-corrected chi connectivity index (χ1v) is 10.2. The number of carbonyl (C=O) groups excluding carboxylic acids is 1. The maximum atomic E-state index is 12.8. The first kappa shape index (κ1) is 17.8. The Bertz CT molecular complexity index is 796. The highest BCUT2D eigenvalue weighted by Gasteiger charge is 2.35. The molecule has 1 atom stereocenters. The molecular formula is C19H27N5OS. The van der Waals surface area contributed by atoms with Crippen LogP contribution in [0.5, 0.6) is 0 Å². The molecule has 0 aromatic carbocycles. The number of amides is 1. The number of hydrogen-bond donors (Lipinski definition) is 0. The zero-order chi connectivity index (χ0) is 18.3. The molecule has 0 aliphatic carbocycles. The van der Waals surface area contributed by atoms with Gasteiger partial charge >= 0.3 is 0 Å². The number of hydrogen-bond acceptors (Lipinski definition) is 6. The summed E-state index contributed by atoms with van der Waals surface area (Å²) in [6.45, 7) is 4.52. The van der Waals surface area contributed by atoms with E-state index in [2.05, 4.69) is 26.8 Å². The molecule has 0 spiro atoms. The molecule has 4 rings (SSSR count). The molecule has 2 aliphatic rings. The van der Waals surface area contributed by atoms with Crippen LogP contribution in [0.25, 0.3) is 10.3 Å². The lowest BCUT2D eigenvalue weighted by molar-refractivity contribution is 0.0831. The van der Waals surface area contributed by atoms with Crippen LogP contribution in [-0.2, 0) is 0 Å². The van der Waals surface area contributed by atoms with Crippen LogP contribution >= 0.6 is 11.3 Å².